The van der Waals surface area contributed by atoms with Crippen molar-refractivity contribution in [1.82, 2.24) is 15.2 Å². The van der Waals surface area contributed by atoms with Crippen molar-refractivity contribution in [2.75, 3.05) is 0 Å². The van der Waals surface area contributed by atoms with Gasteiger partial charge in [-0.25, -0.2) is 0 Å². The minimum absolute atomic E-state index is 0.189. The molecular weight excluding hydrogens is 210 g/mol. The number of nitrogens with zero attached hydrogens (tertiary/aromatic N) is 2. The Bertz CT molecular complexity index is 489. The predicted octanol–water partition coefficient (Wildman–Crippen LogP) is 3.33. The van der Waals surface area contributed by atoms with Crippen molar-refractivity contribution in [3.05, 3.63) is 35.7 Å². The molecule has 1 aromatic carbocycles. The molecule has 0 saturated heterocycles. The minimum Gasteiger partial charge on any atom is -0.325 e. The highest BCUT2D eigenvalue weighted by Gasteiger charge is 2.13. The molecule has 1 heterocycles. The quantitative estimate of drug-likeness (QED) is 0.858. The highest BCUT2D eigenvalue weighted by atomic mass is 15.2. The lowest BCUT2D eigenvalue weighted by molar-refractivity contribution is 0.590. The summed E-state index contributed by atoms with van der Waals surface area (Å²) in [6.07, 6.45) is 0.882. The van der Waals surface area contributed by atoms with Gasteiger partial charge in [0.15, 0.2) is 5.82 Å². The topological polar surface area (TPSA) is 41.6 Å². The average molecular weight is 229 g/mol. The Morgan fingerprint density at radius 1 is 1.06 bits per heavy atom. The largest absolute Gasteiger partial charge is 0.325 e. The van der Waals surface area contributed by atoms with Gasteiger partial charge in [0, 0.05) is 12.0 Å². The van der Waals surface area contributed by atoms with E-state index in [1.54, 1.807) is 0 Å². The van der Waals surface area contributed by atoms with Gasteiger partial charge < -0.3 is 4.98 Å². The third-order valence-corrected chi connectivity index (χ3v) is 2.89. The lowest BCUT2D eigenvalue weighted by Crippen LogP contribution is -2.10. The molecule has 0 spiro atoms. The van der Waals surface area contributed by atoms with Crippen molar-refractivity contribution in [2.45, 2.75) is 39.5 Å². The maximum absolute atomic E-state index is 4.14. The fourth-order valence-corrected chi connectivity index (χ4v) is 1.71. The summed E-state index contributed by atoms with van der Waals surface area (Å²) in [5, 5.41) is 8.22. The van der Waals surface area contributed by atoms with Gasteiger partial charge in [0.25, 0.3) is 0 Å². The summed E-state index contributed by atoms with van der Waals surface area (Å²) in [5.41, 5.74) is 2.61. The SMILES string of the molecule is CCc1nnc(-c2ccc(C(C)(C)C)cc2)[nH]1. The lowest BCUT2D eigenvalue weighted by atomic mass is 9.87. The zero-order valence-corrected chi connectivity index (χ0v) is 10.9. The number of rotatable bonds is 2. The molecule has 0 atom stereocenters. The molecule has 0 aliphatic carbocycles. The van der Waals surface area contributed by atoms with Crippen molar-refractivity contribution in [3.8, 4) is 11.4 Å². The van der Waals surface area contributed by atoms with Crippen molar-refractivity contribution < 1.29 is 0 Å². The molecular formula is C14H19N3. The van der Waals surface area contributed by atoms with Crippen LogP contribution in [-0.2, 0) is 11.8 Å². The molecule has 0 saturated carbocycles. The number of hydrogen-bond acceptors (Lipinski definition) is 2. The van der Waals surface area contributed by atoms with Gasteiger partial charge in [-0.3, -0.25) is 0 Å². The second kappa shape index (κ2) is 4.32. The third-order valence-electron chi connectivity index (χ3n) is 2.89. The van der Waals surface area contributed by atoms with Gasteiger partial charge in [-0.1, -0.05) is 52.0 Å². The van der Waals surface area contributed by atoms with Crippen LogP contribution in [0.5, 0.6) is 0 Å². The molecule has 3 nitrogen and oxygen atoms in total. The number of aromatic nitrogens is 3. The molecule has 0 radical (unpaired) electrons. The molecule has 0 fully saturated rings. The first kappa shape index (κ1) is 11.8. The molecule has 17 heavy (non-hydrogen) atoms. The van der Waals surface area contributed by atoms with Crippen molar-refractivity contribution >= 4 is 0 Å². The third kappa shape index (κ3) is 2.54. The van der Waals surface area contributed by atoms with Crippen molar-refractivity contribution in [3.63, 3.8) is 0 Å². The summed E-state index contributed by atoms with van der Waals surface area (Å²) in [7, 11) is 0. The number of hydrogen-bond donors (Lipinski definition) is 1. The molecule has 1 N–H and O–H groups in total. The van der Waals surface area contributed by atoms with Crippen LogP contribution in [0.1, 0.15) is 39.1 Å². The molecule has 0 bridgehead atoms. The van der Waals surface area contributed by atoms with Gasteiger partial charge >= 0.3 is 0 Å². The number of nitrogens with one attached hydrogen (secondary N) is 1. The van der Waals surface area contributed by atoms with Crippen LogP contribution in [0.25, 0.3) is 11.4 Å². The van der Waals surface area contributed by atoms with Crippen LogP contribution in [0.3, 0.4) is 0 Å². The van der Waals surface area contributed by atoms with Crippen molar-refractivity contribution in [1.29, 1.82) is 0 Å². The van der Waals surface area contributed by atoms with E-state index in [4.69, 9.17) is 0 Å². The van der Waals surface area contributed by atoms with Crippen molar-refractivity contribution in [2.24, 2.45) is 0 Å². The Kier molecular flexibility index (Phi) is 3.01. The van der Waals surface area contributed by atoms with E-state index >= 15 is 0 Å². The van der Waals surface area contributed by atoms with E-state index in [0.717, 1.165) is 23.6 Å². The van der Waals surface area contributed by atoms with Crippen LogP contribution in [0.4, 0.5) is 0 Å². The van der Waals surface area contributed by atoms with E-state index in [9.17, 15) is 0 Å². The molecule has 1 aromatic heterocycles. The molecule has 2 aromatic rings. The van der Waals surface area contributed by atoms with E-state index in [2.05, 4.69) is 67.1 Å². The van der Waals surface area contributed by atoms with Gasteiger partial charge in [0.2, 0.25) is 0 Å². The summed E-state index contributed by atoms with van der Waals surface area (Å²) < 4.78 is 0. The van der Waals surface area contributed by atoms with Crippen LogP contribution in [0, 0.1) is 0 Å². The number of aromatic amines is 1. The van der Waals surface area contributed by atoms with E-state index < -0.39 is 0 Å². The van der Waals surface area contributed by atoms with Crippen LogP contribution in [-0.4, -0.2) is 15.2 Å². The van der Waals surface area contributed by atoms with Gasteiger partial charge in [-0.2, -0.15) is 0 Å². The van der Waals surface area contributed by atoms with Crippen LogP contribution in [0.2, 0.25) is 0 Å². The Morgan fingerprint density at radius 3 is 2.18 bits per heavy atom. The van der Waals surface area contributed by atoms with E-state index in [-0.39, 0.29) is 5.41 Å². The maximum atomic E-state index is 4.14. The fraction of sp³-hybridized carbons (Fsp3) is 0.429. The maximum Gasteiger partial charge on any atom is 0.161 e. The predicted molar refractivity (Wildman–Crippen MR) is 69.9 cm³/mol. The van der Waals surface area contributed by atoms with Gasteiger partial charge in [0.05, 0.1) is 0 Å². The molecule has 90 valence electrons. The van der Waals surface area contributed by atoms with E-state index in [0.29, 0.717) is 0 Å². The lowest BCUT2D eigenvalue weighted by Gasteiger charge is -2.18. The number of H-pyrrole nitrogens is 1. The van der Waals surface area contributed by atoms with Crippen LogP contribution in [0.15, 0.2) is 24.3 Å². The summed E-state index contributed by atoms with van der Waals surface area (Å²) in [6.45, 7) is 8.70. The smallest absolute Gasteiger partial charge is 0.161 e. The second-order valence-electron chi connectivity index (χ2n) is 5.30. The van der Waals surface area contributed by atoms with Crippen LogP contribution >= 0.6 is 0 Å². The summed E-state index contributed by atoms with van der Waals surface area (Å²) in [4.78, 5) is 3.22. The Balaban J connectivity index is 2.29. The zero-order chi connectivity index (χ0) is 12.5. The Labute approximate surface area is 102 Å². The number of benzene rings is 1. The molecule has 0 amide bonds. The zero-order valence-electron chi connectivity index (χ0n) is 10.9. The number of aryl methyl sites for hydroxylation is 1. The normalized spacial score (nSPS) is 11.8. The standard InChI is InChI=1S/C14H19N3/c1-5-12-15-13(17-16-12)10-6-8-11(9-7-10)14(2,3)4/h6-9H,5H2,1-4H3,(H,15,16,17). The second-order valence-corrected chi connectivity index (χ2v) is 5.30. The van der Waals surface area contributed by atoms with Gasteiger partial charge in [-0.15, -0.1) is 10.2 Å². The molecule has 3 heteroatoms. The molecule has 0 unspecified atom stereocenters. The van der Waals surface area contributed by atoms with Gasteiger partial charge in [0.1, 0.15) is 5.82 Å². The average Bonchev–Trinajstić information content (AvgIpc) is 2.76. The highest BCUT2D eigenvalue weighted by molar-refractivity contribution is 5.55. The summed E-state index contributed by atoms with van der Waals surface area (Å²) >= 11 is 0. The Morgan fingerprint density at radius 2 is 1.71 bits per heavy atom. The monoisotopic (exact) mass is 229 g/mol. The van der Waals surface area contributed by atoms with E-state index in [1.807, 2.05) is 0 Å². The fourth-order valence-electron chi connectivity index (χ4n) is 1.71. The molecule has 2 rings (SSSR count). The Hall–Kier alpha value is -1.64. The summed E-state index contributed by atoms with van der Waals surface area (Å²) in [6, 6.07) is 8.51. The first-order valence-corrected chi connectivity index (χ1v) is 6.03. The first-order valence-electron chi connectivity index (χ1n) is 6.03. The van der Waals surface area contributed by atoms with E-state index in [1.165, 1.54) is 5.56 Å². The van der Waals surface area contributed by atoms with Gasteiger partial charge in [-0.05, 0) is 11.0 Å². The summed E-state index contributed by atoms with van der Waals surface area (Å²) in [5.74, 6) is 1.78. The first-order chi connectivity index (χ1) is 8.00. The minimum atomic E-state index is 0.189. The molecule has 0 aliphatic heterocycles. The molecule has 0 aliphatic rings. The highest BCUT2D eigenvalue weighted by Crippen LogP contribution is 2.24. The van der Waals surface area contributed by atoms with Crippen LogP contribution < -0.4 is 0 Å².